The fraction of sp³-hybridized carbons (Fsp3) is 0.217. The van der Waals surface area contributed by atoms with Gasteiger partial charge < -0.3 is 14.8 Å². The number of hydrogen-bond donors (Lipinski definition) is 1. The number of rotatable bonds is 10. The van der Waals surface area contributed by atoms with Crippen LogP contribution in [0.2, 0.25) is 0 Å². The molecule has 162 valence electrons. The highest BCUT2D eigenvalue weighted by atomic mass is 32.2. The van der Waals surface area contributed by atoms with E-state index >= 15 is 0 Å². The Balaban J connectivity index is 1.40. The minimum Gasteiger partial charge on any atom is -0.494 e. The summed E-state index contributed by atoms with van der Waals surface area (Å²) in [5, 5.41) is 2.85. The molecule has 3 rings (SSSR count). The van der Waals surface area contributed by atoms with E-state index in [9.17, 15) is 13.2 Å². The zero-order valence-electron chi connectivity index (χ0n) is 17.2. The Kier molecular flexibility index (Phi) is 7.61. The molecule has 0 saturated heterocycles. The Labute approximate surface area is 182 Å². The Hall–Kier alpha value is -3.39. The molecule has 0 saturated carbocycles. The summed E-state index contributed by atoms with van der Waals surface area (Å²) in [5.41, 5.74) is 1.48. The Morgan fingerprint density at radius 1 is 0.968 bits per heavy atom. The van der Waals surface area contributed by atoms with Crippen molar-refractivity contribution in [3.63, 3.8) is 0 Å². The van der Waals surface area contributed by atoms with Crippen molar-refractivity contribution in [2.24, 2.45) is 0 Å². The van der Waals surface area contributed by atoms with Crippen LogP contribution in [0.4, 0.5) is 5.69 Å². The second-order valence-electron chi connectivity index (χ2n) is 6.88. The highest BCUT2D eigenvalue weighted by Crippen LogP contribution is 2.19. The lowest BCUT2D eigenvalue weighted by molar-refractivity contribution is -0.116. The molecular formula is C23H24N2O5S. The smallest absolute Gasteiger partial charge is 0.224 e. The number of nitrogens with zero attached hydrogens (tertiary/aromatic N) is 1. The van der Waals surface area contributed by atoms with Gasteiger partial charge in [-0.2, -0.15) is 0 Å². The molecule has 0 fully saturated rings. The molecule has 1 aromatic heterocycles. The summed E-state index contributed by atoms with van der Waals surface area (Å²) in [6.45, 7) is 0.694. The molecule has 1 N–H and O–H groups in total. The molecule has 7 nitrogen and oxygen atoms in total. The Morgan fingerprint density at radius 3 is 2.48 bits per heavy atom. The largest absolute Gasteiger partial charge is 0.494 e. The number of sulfone groups is 1. The maximum atomic E-state index is 12.2. The van der Waals surface area contributed by atoms with Gasteiger partial charge in [0, 0.05) is 30.6 Å². The van der Waals surface area contributed by atoms with Crippen LogP contribution in [0.5, 0.6) is 11.5 Å². The van der Waals surface area contributed by atoms with Crippen molar-refractivity contribution in [1.82, 2.24) is 4.98 Å². The molecule has 3 aromatic rings. The van der Waals surface area contributed by atoms with Crippen molar-refractivity contribution in [1.29, 1.82) is 0 Å². The first kappa shape index (κ1) is 22.3. The van der Waals surface area contributed by atoms with Gasteiger partial charge in [0.25, 0.3) is 0 Å². The van der Waals surface area contributed by atoms with Crippen molar-refractivity contribution < 1.29 is 22.7 Å². The summed E-state index contributed by atoms with van der Waals surface area (Å²) in [6, 6.07) is 19.0. The Bertz CT molecular complexity index is 1100. The second kappa shape index (κ2) is 10.6. The number of carbonyl (C=O) groups is 1. The summed E-state index contributed by atoms with van der Waals surface area (Å²) >= 11 is 0. The monoisotopic (exact) mass is 440 g/mol. The lowest BCUT2D eigenvalue weighted by Gasteiger charge is -2.10. The zero-order valence-corrected chi connectivity index (χ0v) is 18.0. The van der Waals surface area contributed by atoms with Crippen LogP contribution in [0.15, 0.2) is 77.8 Å². The van der Waals surface area contributed by atoms with E-state index in [0.717, 1.165) is 11.9 Å². The number of amides is 1. The number of benzene rings is 2. The molecule has 0 radical (unpaired) electrons. The van der Waals surface area contributed by atoms with E-state index in [0.29, 0.717) is 43.2 Å². The minimum absolute atomic E-state index is 0.127. The molecule has 2 aromatic carbocycles. The molecule has 0 aliphatic heterocycles. The molecule has 31 heavy (non-hydrogen) atoms. The summed E-state index contributed by atoms with van der Waals surface area (Å²) in [4.78, 5) is 16.6. The van der Waals surface area contributed by atoms with Gasteiger partial charge in [-0.3, -0.25) is 9.78 Å². The topological polar surface area (TPSA) is 94.6 Å². The van der Waals surface area contributed by atoms with Crippen molar-refractivity contribution in [3.8, 4) is 11.5 Å². The summed E-state index contributed by atoms with van der Waals surface area (Å²) in [5.74, 6) is 1.08. The average Bonchev–Trinajstić information content (AvgIpc) is 2.76. The number of carbonyl (C=O) groups excluding carboxylic acids is 1. The molecule has 0 spiro atoms. The van der Waals surface area contributed by atoms with Crippen LogP contribution in [0.3, 0.4) is 0 Å². The first-order valence-electron chi connectivity index (χ1n) is 9.76. The minimum atomic E-state index is -3.23. The third kappa shape index (κ3) is 7.42. The molecule has 8 heteroatoms. The third-order valence-electron chi connectivity index (χ3n) is 4.30. The zero-order chi connectivity index (χ0) is 22.1. The molecule has 1 amide bonds. The second-order valence-corrected chi connectivity index (χ2v) is 8.90. The maximum Gasteiger partial charge on any atom is 0.224 e. The van der Waals surface area contributed by atoms with Crippen LogP contribution in [-0.2, 0) is 21.2 Å². The van der Waals surface area contributed by atoms with Crippen LogP contribution in [0.1, 0.15) is 18.5 Å². The third-order valence-corrected chi connectivity index (χ3v) is 5.43. The first-order valence-corrected chi connectivity index (χ1v) is 11.6. The first-order chi connectivity index (χ1) is 14.9. The number of pyridine rings is 1. The number of hydrogen-bond acceptors (Lipinski definition) is 6. The SMILES string of the molecule is CS(=O)(=O)c1ccc(OCCCC(=O)Nc2cccc(OCc3ccccn3)c2)cc1. The van der Waals surface area contributed by atoms with E-state index in [1.54, 1.807) is 30.5 Å². The summed E-state index contributed by atoms with van der Waals surface area (Å²) < 4.78 is 34.2. The van der Waals surface area contributed by atoms with E-state index in [1.165, 1.54) is 12.1 Å². The van der Waals surface area contributed by atoms with E-state index in [2.05, 4.69) is 10.3 Å². The number of anilines is 1. The van der Waals surface area contributed by atoms with Crippen LogP contribution in [0, 0.1) is 0 Å². The van der Waals surface area contributed by atoms with E-state index in [-0.39, 0.29) is 10.8 Å². The van der Waals surface area contributed by atoms with Crippen LogP contribution < -0.4 is 14.8 Å². The Morgan fingerprint density at radius 2 is 1.77 bits per heavy atom. The van der Waals surface area contributed by atoms with Gasteiger partial charge in [0.15, 0.2) is 9.84 Å². The van der Waals surface area contributed by atoms with Crippen molar-refractivity contribution in [2.75, 3.05) is 18.2 Å². The molecular weight excluding hydrogens is 416 g/mol. The lowest BCUT2D eigenvalue weighted by Crippen LogP contribution is -2.13. The van der Waals surface area contributed by atoms with Gasteiger partial charge in [0.05, 0.1) is 17.2 Å². The van der Waals surface area contributed by atoms with Gasteiger partial charge >= 0.3 is 0 Å². The van der Waals surface area contributed by atoms with Gasteiger partial charge in [-0.25, -0.2) is 8.42 Å². The van der Waals surface area contributed by atoms with Gasteiger partial charge in [-0.15, -0.1) is 0 Å². The average molecular weight is 441 g/mol. The molecule has 1 heterocycles. The van der Waals surface area contributed by atoms with Crippen LogP contribution in [0.25, 0.3) is 0 Å². The number of ether oxygens (including phenoxy) is 2. The predicted molar refractivity (Wildman–Crippen MR) is 118 cm³/mol. The number of nitrogens with one attached hydrogen (secondary N) is 1. The quantitative estimate of drug-likeness (QED) is 0.481. The highest BCUT2D eigenvalue weighted by molar-refractivity contribution is 7.90. The van der Waals surface area contributed by atoms with E-state index in [4.69, 9.17) is 9.47 Å². The molecule has 0 bridgehead atoms. The maximum absolute atomic E-state index is 12.2. The highest BCUT2D eigenvalue weighted by Gasteiger charge is 2.07. The lowest BCUT2D eigenvalue weighted by atomic mass is 10.2. The van der Waals surface area contributed by atoms with Gasteiger partial charge in [-0.05, 0) is 55.0 Å². The van der Waals surface area contributed by atoms with Crippen LogP contribution in [-0.4, -0.2) is 32.2 Å². The van der Waals surface area contributed by atoms with E-state index < -0.39 is 9.84 Å². The number of aromatic nitrogens is 1. The van der Waals surface area contributed by atoms with Crippen molar-refractivity contribution in [2.45, 2.75) is 24.3 Å². The molecule has 0 atom stereocenters. The fourth-order valence-electron chi connectivity index (χ4n) is 2.73. The molecule has 0 unspecified atom stereocenters. The normalized spacial score (nSPS) is 11.0. The molecule has 0 aliphatic rings. The summed E-state index contributed by atoms with van der Waals surface area (Å²) in [6.07, 6.45) is 3.68. The van der Waals surface area contributed by atoms with Crippen molar-refractivity contribution >= 4 is 21.4 Å². The van der Waals surface area contributed by atoms with Crippen LogP contribution >= 0.6 is 0 Å². The summed E-state index contributed by atoms with van der Waals surface area (Å²) in [7, 11) is -3.23. The van der Waals surface area contributed by atoms with E-state index in [1.807, 2.05) is 30.3 Å². The van der Waals surface area contributed by atoms with Gasteiger partial charge in [-0.1, -0.05) is 12.1 Å². The predicted octanol–water partition coefficient (Wildman–Crippen LogP) is 3.86. The standard InChI is InChI=1S/C23H24N2O5S/c1-31(27,28)22-12-10-20(11-13-22)29-15-5-9-23(26)25-18-7-4-8-21(16-18)30-17-19-6-2-3-14-24-19/h2-4,6-8,10-14,16H,5,9,15,17H2,1H3,(H,25,26). The fourth-order valence-corrected chi connectivity index (χ4v) is 3.36. The molecule has 0 aliphatic carbocycles. The van der Waals surface area contributed by atoms with Gasteiger partial charge in [0.2, 0.25) is 5.91 Å². The van der Waals surface area contributed by atoms with Crippen molar-refractivity contribution in [3.05, 3.63) is 78.6 Å². The van der Waals surface area contributed by atoms with Gasteiger partial charge in [0.1, 0.15) is 18.1 Å².